The molecule has 9 heteroatoms. The molecule has 1 aromatic heterocycles. The first-order chi connectivity index (χ1) is 11.1. The molecule has 2 aromatic rings. The largest absolute Gasteiger partial charge is 0.394 e. The van der Waals surface area contributed by atoms with Gasteiger partial charge in [-0.15, -0.1) is 16.8 Å². The van der Waals surface area contributed by atoms with Gasteiger partial charge in [0.1, 0.15) is 0 Å². The average Bonchev–Trinajstić information content (AvgIpc) is 2.96. The highest BCUT2D eigenvalue weighted by atomic mass is 32.2. The van der Waals surface area contributed by atoms with E-state index in [1.807, 2.05) is 0 Å². The topological polar surface area (TPSA) is 114 Å². The van der Waals surface area contributed by atoms with E-state index >= 15 is 0 Å². The number of hydrogen-bond acceptors (Lipinski definition) is 7. The van der Waals surface area contributed by atoms with Crippen LogP contribution in [0.15, 0.2) is 42.1 Å². The maximum atomic E-state index is 10.7. The van der Waals surface area contributed by atoms with Gasteiger partial charge in [-0.25, -0.2) is 0 Å². The molecule has 8 nitrogen and oxygen atoms in total. The number of aromatic nitrogens is 3. The summed E-state index contributed by atoms with van der Waals surface area (Å²) in [7, 11) is 0. The zero-order valence-corrected chi connectivity index (χ0v) is 13.0. The Labute approximate surface area is 136 Å². The molecule has 1 unspecified atom stereocenters. The minimum Gasteiger partial charge on any atom is -0.394 e. The first-order valence-corrected chi connectivity index (χ1v) is 7.76. The SMILES string of the molecule is C=CCn1c(SCC(O)CO)nnc1-c1ccc([N+](=O)[O-])cc1. The second-order valence-corrected chi connectivity index (χ2v) is 5.64. The molecular weight excluding hydrogens is 320 g/mol. The van der Waals surface area contributed by atoms with Gasteiger partial charge in [0.2, 0.25) is 0 Å². The van der Waals surface area contributed by atoms with Gasteiger partial charge in [-0.05, 0) is 12.1 Å². The van der Waals surface area contributed by atoms with Crippen molar-refractivity contribution >= 4 is 17.4 Å². The van der Waals surface area contributed by atoms with Crippen LogP contribution in [-0.4, -0.2) is 48.4 Å². The van der Waals surface area contributed by atoms with Crippen molar-refractivity contribution in [2.24, 2.45) is 0 Å². The second-order valence-electron chi connectivity index (χ2n) is 4.66. The van der Waals surface area contributed by atoms with E-state index in [-0.39, 0.29) is 18.0 Å². The van der Waals surface area contributed by atoms with Crippen LogP contribution in [0.2, 0.25) is 0 Å². The lowest BCUT2D eigenvalue weighted by Gasteiger charge is -2.09. The van der Waals surface area contributed by atoms with Crippen molar-refractivity contribution in [3.8, 4) is 11.4 Å². The van der Waals surface area contributed by atoms with Crippen LogP contribution in [0.5, 0.6) is 0 Å². The molecule has 0 aliphatic rings. The molecule has 0 spiro atoms. The molecule has 0 saturated carbocycles. The van der Waals surface area contributed by atoms with Gasteiger partial charge in [-0.1, -0.05) is 17.8 Å². The van der Waals surface area contributed by atoms with Crippen molar-refractivity contribution in [1.82, 2.24) is 14.8 Å². The maximum Gasteiger partial charge on any atom is 0.269 e. The van der Waals surface area contributed by atoms with Crippen molar-refractivity contribution in [3.05, 3.63) is 47.0 Å². The average molecular weight is 336 g/mol. The Morgan fingerprint density at radius 3 is 2.65 bits per heavy atom. The maximum absolute atomic E-state index is 10.7. The molecule has 2 N–H and O–H groups in total. The van der Waals surface area contributed by atoms with Gasteiger partial charge in [0.25, 0.3) is 5.69 Å². The number of aliphatic hydroxyl groups excluding tert-OH is 2. The number of allylic oxidation sites excluding steroid dienone is 1. The number of hydrogen-bond donors (Lipinski definition) is 2. The number of aliphatic hydroxyl groups is 2. The van der Waals surface area contributed by atoms with Crippen LogP contribution in [0.25, 0.3) is 11.4 Å². The zero-order chi connectivity index (χ0) is 16.8. The molecule has 0 bridgehead atoms. The van der Waals surface area contributed by atoms with E-state index in [1.165, 1.54) is 23.9 Å². The third-order valence-electron chi connectivity index (χ3n) is 2.98. The zero-order valence-electron chi connectivity index (χ0n) is 12.2. The van der Waals surface area contributed by atoms with Gasteiger partial charge in [0, 0.05) is 30.0 Å². The molecule has 2 rings (SSSR count). The fourth-order valence-electron chi connectivity index (χ4n) is 1.86. The van der Waals surface area contributed by atoms with Crippen molar-refractivity contribution in [3.63, 3.8) is 0 Å². The minimum atomic E-state index is -0.836. The van der Waals surface area contributed by atoms with Gasteiger partial charge in [-0.2, -0.15) is 0 Å². The lowest BCUT2D eigenvalue weighted by Crippen LogP contribution is -2.15. The summed E-state index contributed by atoms with van der Waals surface area (Å²) in [6.07, 6.45) is 0.849. The Hall–Kier alpha value is -2.23. The Morgan fingerprint density at radius 1 is 1.39 bits per heavy atom. The molecule has 1 aromatic carbocycles. The van der Waals surface area contributed by atoms with Crippen LogP contribution >= 0.6 is 11.8 Å². The van der Waals surface area contributed by atoms with Crippen LogP contribution in [0, 0.1) is 10.1 Å². The van der Waals surface area contributed by atoms with Crippen LogP contribution in [0.3, 0.4) is 0 Å². The molecule has 0 saturated heterocycles. The lowest BCUT2D eigenvalue weighted by atomic mass is 10.2. The molecule has 1 heterocycles. The summed E-state index contributed by atoms with van der Waals surface area (Å²) < 4.78 is 1.79. The van der Waals surface area contributed by atoms with Gasteiger partial charge < -0.3 is 10.2 Å². The summed E-state index contributed by atoms with van der Waals surface area (Å²) >= 11 is 1.27. The predicted molar refractivity (Wildman–Crippen MR) is 86.1 cm³/mol. The molecule has 0 aliphatic carbocycles. The molecule has 23 heavy (non-hydrogen) atoms. The highest BCUT2D eigenvalue weighted by Crippen LogP contribution is 2.26. The predicted octanol–water partition coefficient (Wildman–Crippen LogP) is 1.48. The van der Waals surface area contributed by atoms with Gasteiger partial charge >= 0.3 is 0 Å². The number of nitro groups is 1. The normalized spacial score (nSPS) is 12.1. The van der Waals surface area contributed by atoms with E-state index in [0.717, 1.165) is 0 Å². The minimum absolute atomic E-state index is 0.00389. The van der Waals surface area contributed by atoms with Crippen molar-refractivity contribution in [2.45, 2.75) is 17.8 Å². The van der Waals surface area contributed by atoms with Crippen LogP contribution in [-0.2, 0) is 6.54 Å². The van der Waals surface area contributed by atoms with E-state index < -0.39 is 11.0 Å². The second kappa shape index (κ2) is 7.86. The lowest BCUT2D eigenvalue weighted by molar-refractivity contribution is -0.384. The molecule has 1 atom stereocenters. The van der Waals surface area contributed by atoms with E-state index in [1.54, 1.807) is 22.8 Å². The summed E-state index contributed by atoms with van der Waals surface area (Å²) in [6, 6.07) is 6.03. The molecule has 122 valence electrons. The number of nitro benzene ring substituents is 1. The van der Waals surface area contributed by atoms with Crippen LogP contribution in [0.1, 0.15) is 0 Å². The summed E-state index contributed by atoms with van der Waals surface area (Å²) in [4.78, 5) is 10.2. The quantitative estimate of drug-likeness (QED) is 0.325. The number of non-ortho nitro benzene ring substituents is 1. The Kier molecular flexibility index (Phi) is 5.85. The Bertz CT molecular complexity index is 687. The van der Waals surface area contributed by atoms with Gasteiger partial charge in [0.15, 0.2) is 11.0 Å². The summed E-state index contributed by atoms with van der Waals surface area (Å²) in [5.74, 6) is 0.840. The Morgan fingerprint density at radius 2 is 2.09 bits per heavy atom. The number of benzene rings is 1. The summed E-state index contributed by atoms with van der Waals surface area (Å²) in [5.41, 5.74) is 0.698. The van der Waals surface area contributed by atoms with E-state index in [9.17, 15) is 15.2 Å². The highest BCUT2D eigenvalue weighted by molar-refractivity contribution is 7.99. The fourth-order valence-corrected chi connectivity index (χ4v) is 2.72. The fraction of sp³-hybridized carbons (Fsp3) is 0.286. The van der Waals surface area contributed by atoms with Crippen molar-refractivity contribution in [2.75, 3.05) is 12.4 Å². The standard InChI is InChI=1S/C14H16N4O4S/c1-2-7-17-13(10-3-5-11(6-4-10)18(21)22)15-16-14(17)23-9-12(20)8-19/h2-6,12,19-20H,1,7-9H2. The first-order valence-electron chi connectivity index (χ1n) is 6.77. The van der Waals surface area contributed by atoms with E-state index in [4.69, 9.17) is 5.11 Å². The van der Waals surface area contributed by atoms with Crippen molar-refractivity contribution < 1.29 is 15.1 Å². The number of thioether (sulfide) groups is 1. The molecule has 0 radical (unpaired) electrons. The smallest absolute Gasteiger partial charge is 0.269 e. The van der Waals surface area contributed by atoms with Crippen LogP contribution in [0.4, 0.5) is 5.69 Å². The Balaban J connectivity index is 2.29. The monoisotopic (exact) mass is 336 g/mol. The molecular formula is C14H16N4O4S. The van der Waals surface area contributed by atoms with Crippen LogP contribution < -0.4 is 0 Å². The third kappa shape index (κ3) is 4.15. The van der Waals surface area contributed by atoms with E-state index in [2.05, 4.69) is 16.8 Å². The molecule has 0 amide bonds. The molecule has 0 aliphatic heterocycles. The first kappa shape index (κ1) is 17.1. The summed E-state index contributed by atoms with van der Waals surface area (Å²) in [5, 5.41) is 37.8. The van der Waals surface area contributed by atoms with Gasteiger partial charge in [0.05, 0.1) is 17.6 Å². The number of rotatable bonds is 8. The number of nitrogens with zero attached hydrogens (tertiary/aromatic N) is 4. The molecule has 0 fully saturated rings. The summed E-state index contributed by atoms with van der Waals surface area (Å²) in [6.45, 7) is 3.83. The van der Waals surface area contributed by atoms with Crippen molar-refractivity contribution in [1.29, 1.82) is 0 Å². The van der Waals surface area contributed by atoms with E-state index in [0.29, 0.717) is 23.1 Å². The van der Waals surface area contributed by atoms with Gasteiger partial charge in [-0.3, -0.25) is 14.7 Å². The highest BCUT2D eigenvalue weighted by Gasteiger charge is 2.16. The third-order valence-corrected chi connectivity index (χ3v) is 4.09.